The highest BCUT2D eigenvalue weighted by atomic mass is 19.1. The second-order valence-electron chi connectivity index (χ2n) is 4.04. The average molecular weight is 244 g/mol. The third-order valence-corrected chi connectivity index (χ3v) is 2.43. The Morgan fingerprint density at radius 1 is 1.33 bits per heavy atom. The normalized spacial score (nSPS) is 10.1. The van der Waals surface area contributed by atoms with Gasteiger partial charge in [-0.3, -0.25) is 9.78 Å². The van der Waals surface area contributed by atoms with Gasteiger partial charge in [0.25, 0.3) is 0 Å². The number of hydrogen-bond donors (Lipinski definition) is 1. The van der Waals surface area contributed by atoms with Crippen molar-refractivity contribution in [2.45, 2.75) is 13.3 Å². The van der Waals surface area contributed by atoms with Gasteiger partial charge in [0.15, 0.2) is 0 Å². The van der Waals surface area contributed by atoms with E-state index in [0.717, 1.165) is 5.69 Å². The van der Waals surface area contributed by atoms with Gasteiger partial charge in [0.05, 0.1) is 6.42 Å². The standard InChI is InChI=1S/C14H13FN2O/c1-10-7-13(5-6-16-10)17-14(18)9-11-3-2-4-12(15)8-11/h2-8H,9H2,1H3,(H,16,17,18). The molecule has 18 heavy (non-hydrogen) atoms. The largest absolute Gasteiger partial charge is 0.326 e. The Hall–Kier alpha value is -2.23. The maximum absolute atomic E-state index is 13.0. The van der Waals surface area contributed by atoms with E-state index in [9.17, 15) is 9.18 Å². The predicted octanol–water partition coefficient (Wildman–Crippen LogP) is 2.71. The van der Waals surface area contributed by atoms with Crippen LogP contribution in [0.1, 0.15) is 11.3 Å². The molecule has 0 radical (unpaired) electrons. The topological polar surface area (TPSA) is 42.0 Å². The maximum Gasteiger partial charge on any atom is 0.228 e. The molecule has 0 fully saturated rings. The summed E-state index contributed by atoms with van der Waals surface area (Å²) < 4.78 is 13.0. The van der Waals surface area contributed by atoms with Gasteiger partial charge in [0.2, 0.25) is 5.91 Å². The van der Waals surface area contributed by atoms with Gasteiger partial charge in [-0.15, -0.1) is 0 Å². The number of aromatic nitrogens is 1. The van der Waals surface area contributed by atoms with Crippen LogP contribution in [0.3, 0.4) is 0 Å². The van der Waals surface area contributed by atoms with Crippen molar-refractivity contribution in [2.75, 3.05) is 5.32 Å². The Kier molecular flexibility index (Phi) is 3.67. The van der Waals surface area contributed by atoms with Crippen LogP contribution in [0.4, 0.5) is 10.1 Å². The first-order chi connectivity index (χ1) is 8.63. The first-order valence-corrected chi connectivity index (χ1v) is 5.60. The summed E-state index contributed by atoms with van der Waals surface area (Å²) in [7, 11) is 0. The van der Waals surface area contributed by atoms with Crippen LogP contribution >= 0.6 is 0 Å². The molecule has 0 aliphatic rings. The Balaban J connectivity index is 2.01. The molecule has 1 heterocycles. The number of hydrogen-bond acceptors (Lipinski definition) is 2. The van der Waals surface area contributed by atoms with E-state index in [2.05, 4.69) is 10.3 Å². The summed E-state index contributed by atoms with van der Waals surface area (Å²) in [6, 6.07) is 9.53. The number of carbonyl (C=O) groups is 1. The molecular weight excluding hydrogens is 231 g/mol. The van der Waals surface area contributed by atoms with E-state index in [1.165, 1.54) is 12.1 Å². The second kappa shape index (κ2) is 5.40. The molecule has 1 amide bonds. The SMILES string of the molecule is Cc1cc(NC(=O)Cc2cccc(F)c2)ccn1. The zero-order chi connectivity index (χ0) is 13.0. The molecule has 4 heteroatoms. The van der Waals surface area contributed by atoms with Gasteiger partial charge in [0.1, 0.15) is 5.82 Å². The predicted molar refractivity (Wildman–Crippen MR) is 67.7 cm³/mol. The molecule has 1 N–H and O–H groups in total. The monoisotopic (exact) mass is 244 g/mol. The van der Waals surface area contributed by atoms with Crippen LogP contribution in [0.15, 0.2) is 42.6 Å². The Morgan fingerprint density at radius 3 is 2.89 bits per heavy atom. The van der Waals surface area contributed by atoms with E-state index in [0.29, 0.717) is 11.3 Å². The van der Waals surface area contributed by atoms with Crippen LogP contribution < -0.4 is 5.32 Å². The number of amides is 1. The van der Waals surface area contributed by atoms with Crippen molar-refractivity contribution in [2.24, 2.45) is 0 Å². The number of anilines is 1. The van der Waals surface area contributed by atoms with Crippen LogP contribution in [0.25, 0.3) is 0 Å². The van der Waals surface area contributed by atoms with Crippen molar-refractivity contribution < 1.29 is 9.18 Å². The summed E-state index contributed by atoms with van der Waals surface area (Å²) >= 11 is 0. The van der Waals surface area contributed by atoms with Gasteiger partial charge in [0, 0.05) is 17.6 Å². The first kappa shape index (κ1) is 12.2. The fourth-order valence-electron chi connectivity index (χ4n) is 1.66. The van der Waals surface area contributed by atoms with E-state index in [-0.39, 0.29) is 18.1 Å². The molecule has 2 aromatic rings. The van der Waals surface area contributed by atoms with Crippen LogP contribution in [0, 0.1) is 12.7 Å². The minimum absolute atomic E-state index is 0.152. The van der Waals surface area contributed by atoms with Crippen LogP contribution in [-0.2, 0) is 11.2 Å². The van der Waals surface area contributed by atoms with E-state index >= 15 is 0 Å². The van der Waals surface area contributed by atoms with Crippen LogP contribution in [-0.4, -0.2) is 10.9 Å². The molecule has 0 atom stereocenters. The lowest BCUT2D eigenvalue weighted by atomic mass is 10.1. The van der Waals surface area contributed by atoms with Gasteiger partial charge >= 0.3 is 0 Å². The number of pyridine rings is 1. The average Bonchev–Trinajstić information content (AvgIpc) is 2.28. The highest BCUT2D eigenvalue weighted by Crippen LogP contribution is 2.09. The second-order valence-corrected chi connectivity index (χ2v) is 4.04. The molecule has 2 rings (SSSR count). The molecule has 0 bridgehead atoms. The Labute approximate surface area is 105 Å². The molecule has 0 saturated carbocycles. The summed E-state index contributed by atoms with van der Waals surface area (Å²) in [4.78, 5) is 15.8. The molecule has 0 unspecified atom stereocenters. The number of rotatable bonds is 3. The van der Waals surface area contributed by atoms with Gasteiger partial charge in [-0.1, -0.05) is 12.1 Å². The van der Waals surface area contributed by atoms with E-state index in [1.54, 1.807) is 30.5 Å². The van der Waals surface area contributed by atoms with Crippen LogP contribution in [0.2, 0.25) is 0 Å². The van der Waals surface area contributed by atoms with Gasteiger partial charge in [-0.25, -0.2) is 4.39 Å². The molecule has 1 aromatic carbocycles. The van der Waals surface area contributed by atoms with Crippen molar-refractivity contribution in [3.63, 3.8) is 0 Å². The molecule has 1 aromatic heterocycles. The number of nitrogens with one attached hydrogen (secondary N) is 1. The zero-order valence-electron chi connectivity index (χ0n) is 9.98. The van der Waals surface area contributed by atoms with Crippen molar-refractivity contribution in [1.82, 2.24) is 4.98 Å². The lowest BCUT2D eigenvalue weighted by Crippen LogP contribution is -2.14. The van der Waals surface area contributed by atoms with Crippen molar-refractivity contribution in [3.05, 3.63) is 59.7 Å². The molecule has 0 saturated heterocycles. The summed E-state index contributed by atoms with van der Waals surface area (Å²) in [6.07, 6.45) is 1.78. The molecule has 0 spiro atoms. The molecule has 3 nitrogen and oxygen atoms in total. The minimum Gasteiger partial charge on any atom is -0.326 e. The Morgan fingerprint density at radius 2 is 2.17 bits per heavy atom. The number of carbonyl (C=O) groups excluding carboxylic acids is 1. The highest BCUT2D eigenvalue weighted by molar-refractivity contribution is 5.92. The number of aryl methyl sites for hydroxylation is 1. The quantitative estimate of drug-likeness (QED) is 0.902. The lowest BCUT2D eigenvalue weighted by molar-refractivity contribution is -0.115. The van der Waals surface area contributed by atoms with Crippen molar-refractivity contribution >= 4 is 11.6 Å². The molecule has 0 aliphatic heterocycles. The van der Waals surface area contributed by atoms with E-state index < -0.39 is 0 Å². The number of nitrogens with zero attached hydrogens (tertiary/aromatic N) is 1. The van der Waals surface area contributed by atoms with Crippen molar-refractivity contribution in [1.29, 1.82) is 0 Å². The fraction of sp³-hybridized carbons (Fsp3) is 0.143. The number of halogens is 1. The highest BCUT2D eigenvalue weighted by Gasteiger charge is 2.05. The van der Waals surface area contributed by atoms with E-state index in [4.69, 9.17) is 0 Å². The lowest BCUT2D eigenvalue weighted by Gasteiger charge is -2.05. The maximum atomic E-state index is 13.0. The van der Waals surface area contributed by atoms with Crippen LogP contribution in [0.5, 0.6) is 0 Å². The summed E-state index contributed by atoms with van der Waals surface area (Å²) in [5.74, 6) is -0.508. The fourth-order valence-corrected chi connectivity index (χ4v) is 1.66. The van der Waals surface area contributed by atoms with E-state index in [1.807, 2.05) is 6.92 Å². The molecule has 92 valence electrons. The number of benzene rings is 1. The smallest absolute Gasteiger partial charge is 0.228 e. The van der Waals surface area contributed by atoms with Gasteiger partial charge in [-0.05, 0) is 36.8 Å². The molecular formula is C14H13FN2O. The summed E-state index contributed by atoms with van der Waals surface area (Å²) in [5, 5.41) is 2.75. The van der Waals surface area contributed by atoms with Gasteiger partial charge < -0.3 is 5.32 Å². The third kappa shape index (κ3) is 3.38. The van der Waals surface area contributed by atoms with Crippen molar-refractivity contribution in [3.8, 4) is 0 Å². The molecule has 0 aliphatic carbocycles. The third-order valence-electron chi connectivity index (χ3n) is 2.43. The van der Waals surface area contributed by atoms with Gasteiger partial charge in [-0.2, -0.15) is 0 Å². The first-order valence-electron chi connectivity index (χ1n) is 5.60. The summed E-state index contributed by atoms with van der Waals surface area (Å²) in [5.41, 5.74) is 2.18. The summed E-state index contributed by atoms with van der Waals surface area (Å²) in [6.45, 7) is 1.85. The zero-order valence-corrected chi connectivity index (χ0v) is 9.98. The minimum atomic E-state index is -0.333. The Bertz CT molecular complexity index is 520.